The van der Waals surface area contributed by atoms with E-state index in [9.17, 15) is 4.79 Å². The number of amides is 1. The van der Waals surface area contributed by atoms with Gasteiger partial charge in [0.2, 0.25) is 5.91 Å². The van der Waals surface area contributed by atoms with Crippen molar-refractivity contribution in [2.75, 3.05) is 25.7 Å². The second-order valence-corrected chi connectivity index (χ2v) is 4.03. The number of rotatable bonds is 4. The van der Waals surface area contributed by atoms with Crippen LogP contribution in [0.4, 0.5) is 5.69 Å². The van der Waals surface area contributed by atoms with Crippen molar-refractivity contribution in [1.82, 2.24) is 0 Å². The minimum absolute atomic E-state index is 0.0971. The molecular weight excluding hydrogens is 218 g/mol. The van der Waals surface area contributed by atoms with Crippen LogP contribution in [0.25, 0.3) is 0 Å². The van der Waals surface area contributed by atoms with Gasteiger partial charge in [-0.2, -0.15) is 0 Å². The number of hydrogen-bond acceptors (Lipinski definition) is 3. The molecule has 1 amide bonds. The fraction of sp³-hybridized carbons (Fsp3) is 0.462. The summed E-state index contributed by atoms with van der Waals surface area (Å²) in [5.41, 5.74) is 2.81. The van der Waals surface area contributed by atoms with Crippen LogP contribution < -0.4 is 9.64 Å². The highest BCUT2D eigenvalue weighted by molar-refractivity contribution is 5.93. The zero-order chi connectivity index (χ0) is 13.0. The Morgan fingerprint density at radius 1 is 1.35 bits per heavy atom. The highest BCUT2D eigenvalue weighted by Crippen LogP contribution is 2.28. The monoisotopic (exact) mass is 237 g/mol. The fourth-order valence-corrected chi connectivity index (χ4v) is 1.75. The molecule has 4 nitrogen and oxygen atoms in total. The maximum Gasteiger partial charge on any atom is 0.229 e. The third-order valence-corrected chi connectivity index (χ3v) is 2.77. The molecule has 0 aromatic heterocycles. The van der Waals surface area contributed by atoms with E-state index in [0.29, 0.717) is 0 Å². The van der Waals surface area contributed by atoms with Crippen LogP contribution >= 0.6 is 0 Å². The predicted octanol–water partition coefficient (Wildman–Crippen LogP) is 1.66. The minimum Gasteiger partial charge on any atom is -0.496 e. The van der Waals surface area contributed by atoms with Crippen LogP contribution in [0.15, 0.2) is 12.1 Å². The fourth-order valence-electron chi connectivity index (χ4n) is 1.75. The first kappa shape index (κ1) is 13.5. The van der Waals surface area contributed by atoms with Crippen molar-refractivity contribution in [3.8, 4) is 5.75 Å². The van der Waals surface area contributed by atoms with E-state index in [4.69, 9.17) is 9.84 Å². The number of ether oxygens (including phenoxy) is 1. The number of anilines is 1. The standard InChI is InChI=1S/C13H19NO3/c1-9-8-12(17-4)10(2)7-11(9)14(3)13(16)5-6-15/h7-8,15H,5-6H2,1-4H3. The summed E-state index contributed by atoms with van der Waals surface area (Å²) in [6, 6.07) is 3.83. The number of aliphatic hydroxyl groups excluding tert-OH is 1. The zero-order valence-corrected chi connectivity index (χ0v) is 10.8. The molecule has 0 heterocycles. The Kier molecular flexibility index (Phi) is 4.52. The number of methoxy groups -OCH3 is 1. The van der Waals surface area contributed by atoms with Crippen LogP contribution in [-0.2, 0) is 4.79 Å². The summed E-state index contributed by atoms with van der Waals surface area (Å²) in [6.45, 7) is 3.74. The molecular formula is C13H19NO3. The van der Waals surface area contributed by atoms with E-state index >= 15 is 0 Å². The van der Waals surface area contributed by atoms with E-state index in [-0.39, 0.29) is 18.9 Å². The lowest BCUT2D eigenvalue weighted by atomic mass is 10.1. The molecule has 0 radical (unpaired) electrons. The van der Waals surface area contributed by atoms with Crippen molar-refractivity contribution < 1.29 is 14.6 Å². The maximum atomic E-state index is 11.7. The molecule has 0 atom stereocenters. The summed E-state index contributed by atoms with van der Waals surface area (Å²) in [5, 5.41) is 8.77. The number of nitrogens with zero attached hydrogens (tertiary/aromatic N) is 1. The third-order valence-electron chi connectivity index (χ3n) is 2.77. The van der Waals surface area contributed by atoms with Gasteiger partial charge in [-0.3, -0.25) is 4.79 Å². The normalized spacial score (nSPS) is 10.2. The lowest BCUT2D eigenvalue weighted by molar-refractivity contribution is -0.118. The molecule has 1 aromatic carbocycles. The largest absolute Gasteiger partial charge is 0.496 e. The van der Waals surface area contributed by atoms with Crippen LogP contribution in [0, 0.1) is 13.8 Å². The molecule has 0 aliphatic carbocycles. The molecule has 0 spiro atoms. The minimum atomic E-state index is -0.128. The molecule has 0 unspecified atom stereocenters. The molecule has 0 saturated heterocycles. The number of carbonyl (C=O) groups excluding carboxylic acids is 1. The Morgan fingerprint density at radius 2 is 2.00 bits per heavy atom. The van der Waals surface area contributed by atoms with Gasteiger partial charge in [-0.15, -0.1) is 0 Å². The van der Waals surface area contributed by atoms with Gasteiger partial charge in [0.25, 0.3) is 0 Å². The Hall–Kier alpha value is -1.55. The van der Waals surface area contributed by atoms with Gasteiger partial charge in [-0.1, -0.05) is 0 Å². The lowest BCUT2D eigenvalue weighted by Crippen LogP contribution is -2.27. The van der Waals surface area contributed by atoms with Crippen LogP contribution in [0.3, 0.4) is 0 Å². The summed E-state index contributed by atoms with van der Waals surface area (Å²) in [7, 11) is 3.34. The highest BCUT2D eigenvalue weighted by atomic mass is 16.5. The van der Waals surface area contributed by atoms with Crippen LogP contribution in [0.2, 0.25) is 0 Å². The second-order valence-electron chi connectivity index (χ2n) is 4.03. The molecule has 0 fully saturated rings. The smallest absolute Gasteiger partial charge is 0.229 e. The average Bonchev–Trinajstić information content (AvgIpc) is 2.31. The van der Waals surface area contributed by atoms with Gasteiger partial charge in [0.1, 0.15) is 5.75 Å². The van der Waals surface area contributed by atoms with Gasteiger partial charge >= 0.3 is 0 Å². The average molecular weight is 237 g/mol. The third kappa shape index (κ3) is 2.97. The van der Waals surface area contributed by atoms with Gasteiger partial charge in [-0.25, -0.2) is 0 Å². The second kappa shape index (κ2) is 5.68. The quantitative estimate of drug-likeness (QED) is 0.866. The van der Waals surface area contributed by atoms with E-state index in [1.54, 1.807) is 19.1 Å². The van der Waals surface area contributed by atoms with Gasteiger partial charge in [0.15, 0.2) is 0 Å². The van der Waals surface area contributed by atoms with Crippen molar-refractivity contribution in [2.45, 2.75) is 20.3 Å². The lowest BCUT2D eigenvalue weighted by Gasteiger charge is -2.21. The van der Waals surface area contributed by atoms with Crippen LogP contribution in [0.5, 0.6) is 5.75 Å². The predicted molar refractivity (Wildman–Crippen MR) is 67.6 cm³/mol. The van der Waals surface area contributed by atoms with Crippen molar-refractivity contribution in [3.05, 3.63) is 23.3 Å². The highest BCUT2D eigenvalue weighted by Gasteiger charge is 2.14. The number of carbonyl (C=O) groups is 1. The molecule has 94 valence electrons. The number of aryl methyl sites for hydroxylation is 2. The van der Waals surface area contributed by atoms with Gasteiger partial charge in [0.05, 0.1) is 20.1 Å². The molecule has 0 bridgehead atoms. The maximum absolute atomic E-state index is 11.7. The van der Waals surface area contributed by atoms with E-state index in [1.807, 2.05) is 26.0 Å². The molecule has 0 aliphatic heterocycles. The van der Waals surface area contributed by atoms with Crippen molar-refractivity contribution in [1.29, 1.82) is 0 Å². The first-order valence-electron chi connectivity index (χ1n) is 5.54. The van der Waals surface area contributed by atoms with Crippen molar-refractivity contribution in [2.24, 2.45) is 0 Å². The van der Waals surface area contributed by atoms with E-state index < -0.39 is 0 Å². The SMILES string of the molecule is COc1cc(C)c(N(C)C(=O)CCO)cc1C. The molecule has 0 saturated carbocycles. The Labute approximate surface area is 102 Å². The Morgan fingerprint density at radius 3 is 2.53 bits per heavy atom. The van der Waals surface area contributed by atoms with Crippen LogP contribution in [-0.4, -0.2) is 31.8 Å². The van der Waals surface area contributed by atoms with Crippen LogP contribution in [0.1, 0.15) is 17.5 Å². The van der Waals surface area contributed by atoms with Gasteiger partial charge in [0, 0.05) is 12.7 Å². The first-order chi connectivity index (χ1) is 8.01. The van der Waals surface area contributed by atoms with Crippen molar-refractivity contribution >= 4 is 11.6 Å². The Balaban J connectivity index is 3.06. The number of benzene rings is 1. The summed E-state index contributed by atoms with van der Waals surface area (Å²) < 4.78 is 5.23. The Bertz CT molecular complexity index is 415. The summed E-state index contributed by atoms with van der Waals surface area (Å²) >= 11 is 0. The zero-order valence-electron chi connectivity index (χ0n) is 10.8. The van der Waals surface area contributed by atoms with Crippen molar-refractivity contribution in [3.63, 3.8) is 0 Å². The molecule has 1 rings (SSSR count). The molecule has 1 N–H and O–H groups in total. The molecule has 0 aliphatic rings. The number of aliphatic hydroxyl groups is 1. The van der Waals surface area contributed by atoms with E-state index in [2.05, 4.69) is 0 Å². The summed E-state index contributed by atoms with van der Waals surface area (Å²) in [6.07, 6.45) is 0.140. The summed E-state index contributed by atoms with van der Waals surface area (Å²) in [5.74, 6) is 0.717. The molecule has 1 aromatic rings. The number of hydrogen-bond donors (Lipinski definition) is 1. The first-order valence-corrected chi connectivity index (χ1v) is 5.54. The van der Waals surface area contributed by atoms with E-state index in [1.165, 1.54) is 0 Å². The molecule has 17 heavy (non-hydrogen) atoms. The van der Waals surface area contributed by atoms with Gasteiger partial charge < -0.3 is 14.7 Å². The summed E-state index contributed by atoms with van der Waals surface area (Å²) in [4.78, 5) is 13.3. The van der Waals surface area contributed by atoms with Gasteiger partial charge in [-0.05, 0) is 37.1 Å². The molecule has 4 heteroatoms. The topological polar surface area (TPSA) is 49.8 Å². The van der Waals surface area contributed by atoms with E-state index in [0.717, 1.165) is 22.6 Å².